The number of hydrogen-bond acceptors (Lipinski definition) is 6. The first kappa shape index (κ1) is 22.1. The van der Waals surface area contributed by atoms with Crippen molar-refractivity contribution in [3.63, 3.8) is 0 Å². The predicted octanol–water partition coefficient (Wildman–Crippen LogP) is 3.48. The van der Waals surface area contributed by atoms with Crippen LogP contribution in [0.25, 0.3) is 0 Å². The first-order chi connectivity index (χ1) is 14.6. The van der Waals surface area contributed by atoms with Gasteiger partial charge in [0.25, 0.3) is 0 Å². The Morgan fingerprint density at radius 3 is 2.37 bits per heavy atom. The van der Waals surface area contributed by atoms with Crippen molar-refractivity contribution in [3.05, 3.63) is 59.2 Å². The van der Waals surface area contributed by atoms with E-state index in [-0.39, 0.29) is 11.9 Å². The average molecular weight is 414 g/mol. The molecule has 1 aliphatic heterocycles. The first-order valence-corrected chi connectivity index (χ1v) is 10.4. The number of aliphatic hydroxyl groups is 1. The molecule has 6 heteroatoms. The van der Waals surface area contributed by atoms with Crippen LogP contribution in [0.5, 0.6) is 11.5 Å². The van der Waals surface area contributed by atoms with Gasteiger partial charge in [0, 0.05) is 12.1 Å². The van der Waals surface area contributed by atoms with Gasteiger partial charge in [0.05, 0.1) is 33.0 Å². The molecule has 1 atom stereocenters. The van der Waals surface area contributed by atoms with E-state index in [1.54, 1.807) is 14.2 Å². The third-order valence-corrected chi connectivity index (χ3v) is 5.92. The second kappa shape index (κ2) is 10.5. The minimum atomic E-state index is -0.567. The van der Waals surface area contributed by atoms with Gasteiger partial charge in [-0.25, -0.2) is 4.79 Å². The minimum Gasteiger partial charge on any atom is -0.493 e. The molecule has 3 rings (SSSR count). The molecule has 0 aromatic heterocycles. The van der Waals surface area contributed by atoms with Crippen LogP contribution in [0.15, 0.2) is 42.5 Å². The van der Waals surface area contributed by atoms with Crippen molar-refractivity contribution < 1.29 is 24.1 Å². The lowest BCUT2D eigenvalue weighted by Crippen LogP contribution is -2.36. The summed E-state index contributed by atoms with van der Waals surface area (Å²) in [4.78, 5) is 14.0. The summed E-state index contributed by atoms with van der Waals surface area (Å²) < 4.78 is 15.6. The zero-order valence-corrected chi connectivity index (χ0v) is 18.0. The van der Waals surface area contributed by atoms with Crippen molar-refractivity contribution in [1.82, 2.24) is 4.90 Å². The van der Waals surface area contributed by atoms with E-state index >= 15 is 0 Å². The first-order valence-electron chi connectivity index (χ1n) is 10.4. The van der Waals surface area contributed by atoms with Crippen molar-refractivity contribution in [3.8, 4) is 11.5 Å². The van der Waals surface area contributed by atoms with Gasteiger partial charge in [0.15, 0.2) is 11.5 Å². The lowest BCUT2D eigenvalue weighted by Gasteiger charge is -2.34. The van der Waals surface area contributed by atoms with E-state index < -0.39 is 6.10 Å². The molecule has 0 amide bonds. The Morgan fingerprint density at radius 2 is 1.77 bits per heavy atom. The highest BCUT2D eigenvalue weighted by Crippen LogP contribution is 2.39. The molecule has 0 radical (unpaired) electrons. The van der Waals surface area contributed by atoms with Crippen molar-refractivity contribution in [2.75, 3.05) is 41.0 Å². The fourth-order valence-corrected chi connectivity index (χ4v) is 4.10. The number of nitrogens with zero attached hydrogens (tertiary/aromatic N) is 1. The van der Waals surface area contributed by atoms with Crippen LogP contribution in [0.2, 0.25) is 0 Å². The Balaban J connectivity index is 1.52. The number of benzene rings is 2. The van der Waals surface area contributed by atoms with Crippen molar-refractivity contribution in [2.24, 2.45) is 5.92 Å². The highest BCUT2D eigenvalue weighted by molar-refractivity contribution is 5.89. The number of piperidine rings is 1. The molecule has 1 aliphatic rings. The highest BCUT2D eigenvalue weighted by Gasteiger charge is 2.29. The van der Waals surface area contributed by atoms with Gasteiger partial charge in [0.2, 0.25) is 0 Å². The SMILES string of the molecule is COC(=O)c1ccc(CCN2CCC(C(O)c3cccc(OC)c3OC)CC2)cc1. The Morgan fingerprint density at radius 1 is 1.07 bits per heavy atom. The van der Waals surface area contributed by atoms with Crippen LogP contribution in [-0.2, 0) is 11.2 Å². The molecule has 1 N–H and O–H groups in total. The van der Waals surface area contributed by atoms with Crippen LogP contribution in [0.4, 0.5) is 0 Å². The lowest BCUT2D eigenvalue weighted by molar-refractivity contribution is 0.0572. The van der Waals surface area contributed by atoms with Gasteiger partial charge in [-0.15, -0.1) is 0 Å². The Hall–Kier alpha value is -2.57. The van der Waals surface area contributed by atoms with E-state index in [2.05, 4.69) is 4.90 Å². The molecule has 1 saturated heterocycles. The number of ether oxygens (including phenoxy) is 3. The maximum Gasteiger partial charge on any atom is 0.337 e. The van der Waals surface area contributed by atoms with E-state index in [4.69, 9.17) is 14.2 Å². The number of likely N-dealkylation sites (tertiary alicyclic amines) is 1. The molecule has 2 aromatic rings. The Bertz CT molecular complexity index is 828. The summed E-state index contributed by atoms with van der Waals surface area (Å²) in [6.07, 6.45) is 2.23. The number of para-hydroxylation sites is 1. The average Bonchev–Trinajstić information content (AvgIpc) is 2.81. The molecule has 162 valence electrons. The fourth-order valence-electron chi connectivity index (χ4n) is 4.10. The van der Waals surface area contributed by atoms with E-state index in [1.165, 1.54) is 12.7 Å². The quantitative estimate of drug-likeness (QED) is 0.669. The van der Waals surface area contributed by atoms with Gasteiger partial charge in [0.1, 0.15) is 0 Å². The number of esters is 1. The summed E-state index contributed by atoms with van der Waals surface area (Å²) in [6, 6.07) is 13.2. The molecule has 0 saturated carbocycles. The molecule has 1 fully saturated rings. The number of carbonyl (C=O) groups excluding carboxylic acids is 1. The Kier molecular flexibility index (Phi) is 7.71. The van der Waals surface area contributed by atoms with Crippen molar-refractivity contribution >= 4 is 5.97 Å². The third-order valence-electron chi connectivity index (χ3n) is 5.92. The summed E-state index contributed by atoms with van der Waals surface area (Å²) >= 11 is 0. The van der Waals surface area contributed by atoms with Crippen LogP contribution < -0.4 is 9.47 Å². The van der Waals surface area contributed by atoms with E-state index in [9.17, 15) is 9.90 Å². The number of hydrogen-bond donors (Lipinski definition) is 1. The zero-order valence-electron chi connectivity index (χ0n) is 18.0. The molecule has 30 heavy (non-hydrogen) atoms. The van der Waals surface area contributed by atoms with Crippen LogP contribution in [0, 0.1) is 5.92 Å². The summed E-state index contributed by atoms with van der Waals surface area (Å²) in [7, 11) is 4.60. The summed E-state index contributed by atoms with van der Waals surface area (Å²) in [5.41, 5.74) is 2.57. The number of rotatable bonds is 8. The van der Waals surface area contributed by atoms with Gasteiger partial charge in [-0.3, -0.25) is 0 Å². The van der Waals surface area contributed by atoms with Crippen molar-refractivity contribution in [2.45, 2.75) is 25.4 Å². The van der Waals surface area contributed by atoms with E-state index in [1.807, 2.05) is 42.5 Å². The largest absolute Gasteiger partial charge is 0.493 e. The van der Waals surface area contributed by atoms with Gasteiger partial charge in [-0.2, -0.15) is 0 Å². The zero-order chi connectivity index (χ0) is 21.5. The smallest absolute Gasteiger partial charge is 0.337 e. The van der Waals surface area contributed by atoms with Crippen LogP contribution in [-0.4, -0.2) is 56.9 Å². The normalized spacial score (nSPS) is 16.1. The lowest BCUT2D eigenvalue weighted by atomic mass is 9.87. The third kappa shape index (κ3) is 5.12. The molecular weight excluding hydrogens is 382 g/mol. The summed E-state index contributed by atoms with van der Waals surface area (Å²) in [5.74, 6) is 1.14. The fraction of sp³-hybridized carbons (Fsp3) is 0.458. The molecule has 1 heterocycles. The summed E-state index contributed by atoms with van der Waals surface area (Å²) in [6.45, 7) is 2.87. The Labute approximate surface area is 178 Å². The number of aliphatic hydroxyl groups excluding tert-OH is 1. The van der Waals surface area contributed by atoms with Crippen molar-refractivity contribution in [1.29, 1.82) is 0 Å². The van der Waals surface area contributed by atoms with Crippen LogP contribution in [0.1, 0.15) is 40.4 Å². The number of methoxy groups -OCH3 is 3. The molecule has 0 bridgehead atoms. The van der Waals surface area contributed by atoms with Crippen LogP contribution >= 0.6 is 0 Å². The summed E-state index contributed by atoms with van der Waals surface area (Å²) in [5, 5.41) is 11.0. The monoisotopic (exact) mass is 413 g/mol. The predicted molar refractivity (Wildman–Crippen MR) is 115 cm³/mol. The molecule has 1 unspecified atom stereocenters. The van der Waals surface area contributed by atoms with E-state index in [0.29, 0.717) is 17.1 Å². The number of carbonyl (C=O) groups is 1. The second-order valence-corrected chi connectivity index (χ2v) is 7.65. The van der Waals surface area contributed by atoms with Crippen LogP contribution in [0.3, 0.4) is 0 Å². The molecular formula is C24H31NO5. The van der Waals surface area contributed by atoms with Gasteiger partial charge in [-0.05, 0) is 62.0 Å². The van der Waals surface area contributed by atoms with E-state index in [0.717, 1.165) is 44.5 Å². The highest BCUT2D eigenvalue weighted by atomic mass is 16.5. The van der Waals surface area contributed by atoms with Gasteiger partial charge in [-0.1, -0.05) is 24.3 Å². The maximum absolute atomic E-state index is 11.5. The topological polar surface area (TPSA) is 68.2 Å². The van der Waals surface area contributed by atoms with Gasteiger partial charge < -0.3 is 24.2 Å². The molecule has 0 spiro atoms. The molecule has 0 aliphatic carbocycles. The standard InChI is InChI=1S/C24H31NO5/c1-28-21-6-4-5-20(23(21)29-2)22(26)18-12-15-25(16-13-18)14-11-17-7-9-19(10-8-17)24(27)30-3/h4-10,18,22,26H,11-16H2,1-3H3. The molecule has 2 aromatic carbocycles. The second-order valence-electron chi connectivity index (χ2n) is 7.65. The maximum atomic E-state index is 11.5. The molecule has 6 nitrogen and oxygen atoms in total. The minimum absolute atomic E-state index is 0.196. The van der Waals surface area contributed by atoms with Gasteiger partial charge >= 0.3 is 5.97 Å².